The smallest absolute Gasteiger partial charge is 0.0965 e. The summed E-state index contributed by atoms with van der Waals surface area (Å²) in [5, 5.41) is 12.1. The fourth-order valence-electron chi connectivity index (χ4n) is 1.87. The highest BCUT2D eigenvalue weighted by Gasteiger charge is 2.13. The zero-order chi connectivity index (χ0) is 12.6. The molecule has 0 aliphatic heterocycles. The second-order valence-electron chi connectivity index (χ2n) is 4.99. The molecule has 0 aromatic carbocycles. The Balaban J connectivity index is 3.86. The fraction of sp³-hybridized carbons (Fsp3) is 0.923. The van der Waals surface area contributed by atoms with Gasteiger partial charge < -0.3 is 10.2 Å². The lowest BCUT2D eigenvalue weighted by Gasteiger charge is -2.26. The van der Waals surface area contributed by atoms with E-state index in [0.717, 1.165) is 25.4 Å². The van der Waals surface area contributed by atoms with Gasteiger partial charge in [-0.1, -0.05) is 20.8 Å². The molecule has 0 radical (unpaired) electrons. The molecule has 0 bridgehead atoms. The maximum Gasteiger partial charge on any atom is 0.0965 e. The largest absolute Gasteiger partial charge is 0.304 e. The molecule has 0 fully saturated rings. The molecule has 3 nitrogen and oxygen atoms in total. The van der Waals surface area contributed by atoms with Crippen LogP contribution < -0.4 is 5.32 Å². The molecule has 2 atom stereocenters. The van der Waals surface area contributed by atoms with Crippen LogP contribution in [0.5, 0.6) is 0 Å². The summed E-state index contributed by atoms with van der Waals surface area (Å²) in [4.78, 5) is 2.35. The maximum atomic E-state index is 8.92. The van der Waals surface area contributed by atoms with Gasteiger partial charge in [0.25, 0.3) is 0 Å². The molecule has 0 heterocycles. The first kappa shape index (κ1) is 15.4. The minimum Gasteiger partial charge on any atom is -0.304 e. The summed E-state index contributed by atoms with van der Waals surface area (Å²) in [6.07, 6.45) is 2.12. The lowest BCUT2D eigenvalue weighted by atomic mass is 10.0. The summed E-state index contributed by atoms with van der Waals surface area (Å²) in [5.41, 5.74) is 0. The van der Waals surface area contributed by atoms with Gasteiger partial charge in [0.1, 0.15) is 0 Å². The Bertz CT molecular complexity index is 208. The van der Waals surface area contributed by atoms with Crippen LogP contribution >= 0.6 is 0 Å². The molecule has 0 rings (SSSR count). The lowest BCUT2D eigenvalue weighted by Crippen LogP contribution is -2.36. The van der Waals surface area contributed by atoms with Crippen LogP contribution in [0.3, 0.4) is 0 Å². The van der Waals surface area contributed by atoms with E-state index in [0.29, 0.717) is 6.04 Å². The van der Waals surface area contributed by atoms with Gasteiger partial charge in [-0.2, -0.15) is 5.26 Å². The van der Waals surface area contributed by atoms with E-state index in [1.165, 1.54) is 6.42 Å². The van der Waals surface area contributed by atoms with Gasteiger partial charge in [-0.25, -0.2) is 0 Å². The third-order valence-electron chi connectivity index (χ3n) is 2.94. The SMILES string of the molecule is CCNC(C#N)CCN(C)C(C)CC(C)C. The Kier molecular flexibility index (Phi) is 8.23. The summed E-state index contributed by atoms with van der Waals surface area (Å²) in [7, 11) is 2.15. The normalized spacial score (nSPS) is 15.1. The number of nitrogens with zero attached hydrogens (tertiary/aromatic N) is 2. The van der Waals surface area contributed by atoms with Crippen molar-refractivity contribution >= 4 is 0 Å². The molecule has 94 valence electrons. The highest BCUT2D eigenvalue weighted by Crippen LogP contribution is 2.10. The molecule has 2 unspecified atom stereocenters. The number of nitrogens with one attached hydrogen (secondary N) is 1. The van der Waals surface area contributed by atoms with Crippen LogP contribution in [-0.2, 0) is 0 Å². The molecule has 0 aromatic rings. The number of nitriles is 1. The van der Waals surface area contributed by atoms with Gasteiger partial charge in [-0.05, 0) is 39.3 Å². The van der Waals surface area contributed by atoms with Gasteiger partial charge in [-0.3, -0.25) is 0 Å². The van der Waals surface area contributed by atoms with Crippen LogP contribution in [0.2, 0.25) is 0 Å². The first-order chi connectivity index (χ1) is 7.51. The van der Waals surface area contributed by atoms with Gasteiger partial charge in [-0.15, -0.1) is 0 Å². The molecule has 0 saturated carbocycles. The first-order valence-electron chi connectivity index (χ1n) is 6.34. The molecule has 1 N–H and O–H groups in total. The van der Waals surface area contributed by atoms with Crippen molar-refractivity contribution in [3.63, 3.8) is 0 Å². The van der Waals surface area contributed by atoms with Gasteiger partial charge in [0.2, 0.25) is 0 Å². The topological polar surface area (TPSA) is 39.1 Å². The molecule has 0 spiro atoms. The Morgan fingerprint density at radius 2 is 1.94 bits per heavy atom. The predicted octanol–water partition coefficient (Wildman–Crippen LogP) is 2.24. The van der Waals surface area contributed by atoms with Crippen molar-refractivity contribution in [2.24, 2.45) is 5.92 Å². The van der Waals surface area contributed by atoms with Crippen molar-refractivity contribution in [1.82, 2.24) is 10.2 Å². The van der Waals surface area contributed by atoms with E-state index < -0.39 is 0 Å². The summed E-state index contributed by atoms with van der Waals surface area (Å²) in [6, 6.07) is 2.90. The second kappa shape index (κ2) is 8.55. The molecule has 0 aromatic heterocycles. The second-order valence-corrected chi connectivity index (χ2v) is 4.99. The quantitative estimate of drug-likeness (QED) is 0.688. The van der Waals surface area contributed by atoms with E-state index in [2.05, 4.69) is 44.1 Å². The average molecular weight is 225 g/mol. The van der Waals surface area contributed by atoms with Crippen molar-refractivity contribution in [3.8, 4) is 6.07 Å². The van der Waals surface area contributed by atoms with Crippen LogP contribution in [0.4, 0.5) is 0 Å². The summed E-state index contributed by atoms with van der Waals surface area (Å²) >= 11 is 0. The Hall–Kier alpha value is -0.590. The average Bonchev–Trinajstić information content (AvgIpc) is 2.22. The summed E-state index contributed by atoms with van der Waals surface area (Å²) < 4.78 is 0. The summed E-state index contributed by atoms with van der Waals surface area (Å²) in [5.74, 6) is 0.734. The molecule has 3 heteroatoms. The van der Waals surface area contributed by atoms with Crippen LogP contribution in [0.1, 0.15) is 40.5 Å². The zero-order valence-corrected chi connectivity index (χ0v) is 11.5. The predicted molar refractivity (Wildman–Crippen MR) is 69.2 cm³/mol. The minimum absolute atomic E-state index is 0.00120. The monoisotopic (exact) mass is 225 g/mol. The summed E-state index contributed by atoms with van der Waals surface area (Å²) in [6.45, 7) is 10.6. The van der Waals surface area contributed by atoms with E-state index in [9.17, 15) is 0 Å². The van der Waals surface area contributed by atoms with Crippen molar-refractivity contribution < 1.29 is 0 Å². The Labute approximate surface area is 101 Å². The van der Waals surface area contributed by atoms with E-state index in [1.807, 2.05) is 6.92 Å². The molecule has 0 aliphatic carbocycles. The highest BCUT2D eigenvalue weighted by atomic mass is 15.1. The number of hydrogen-bond acceptors (Lipinski definition) is 3. The molecule has 0 saturated heterocycles. The minimum atomic E-state index is -0.00120. The number of rotatable bonds is 8. The van der Waals surface area contributed by atoms with Gasteiger partial charge >= 0.3 is 0 Å². The third-order valence-corrected chi connectivity index (χ3v) is 2.94. The molecular formula is C13H27N3. The van der Waals surface area contributed by atoms with E-state index in [-0.39, 0.29) is 6.04 Å². The van der Waals surface area contributed by atoms with Gasteiger partial charge in [0.05, 0.1) is 12.1 Å². The van der Waals surface area contributed by atoms with Crippen molar-refractivity contribution in [2.45, 2.75) is 52.6 Å². The molecular weight excluding hydrogens is 198 g/mol. The van der Waals surface area contributed by atoms with Gasteiger partial charge in [0, 0.05) is 12.6 Å². The standard InChI is InChI=1S/C13H27N3/c1-6-15-13(10-14)7-8-16(5)12(4)9-11(2)3/h11-13,15H,6-9H2,1-5H3. The van der Waals surface area contributed by atoms with Crippen LogP contribution in [-0.4, -0.2) is 37.1 Å². The molecule has 0 amide bonds. The van der Waals surface area contributed by atoms with Crippen molar-refractivity contribution in [2.75, 3.05) is 20.1 Å². The maximum absolute atomic E-state index is 8.92. The molecule has 16 heavy (non-hydrogen) atoms. The van der Waals surface area contributed by atoms with Crippen LogP contribution in [0.25, 0.3) is 0 Å². The van der Waals surface area contributed by atoms with E-state index in [4.69, 9.17) is 5.26 Å². The van der Waals surface area contributed by atoms with E-state index in [1.54, 1.807) is 0 Å². The van der Waals surface area contributed by atoms with Gasteiger partial charge in [0.15, 0.2) is 0 Å². The van der Waals surface area contributed by atoms with Crippen LogP contribution in [0, 0.1) is 17.2 Å². The van der Waals surface area contributed by atoms with Crippen molar-refractivity contribution in [3.05, 3.63) is 0 Å². The van der Waals surface area contributed by atoms with Crippen molar-refractivity contribution in [1.29, 1.82) is 5.26 Å². The highest BCUT2D eigenvalue weighted by molar-refractivity contribution is 4.89. The Morgan fingerprint density at radius 1 is 1.31 bits per heavy atom. The zero-order valence-electron chi connectivity index (χ0n) is 11.5. The number of hydrogen-bond donors (Lipinski definition) is 1. The Morgan fingerprint density at radius 3 is 2.38 bits per heavy atom. The lowest BCUT2D eigenvalue weighted by molar-refractivity contribution is 0.221. The molecule has 0 aliphatic rings. The fourth-order valence-corrected chi connectivity index (χ4v) is 1.87. The van der Waals surface area contributed by atoms with E-state index >= 15 is 0 Å². The third kappa shape index (κ3) is 6.81. The first-order valence-corrected chi connectivity index (χ1v) is 6.34. The van der Waals surface area contributed by atoms with Crippen LogP contribution in [0.15, 0.2) is 0 Å².